The minimum atomic E-state index is -2.83. The summed E-state index contributed by atoms with van der Waals surface area (Å²) in [5.41, 5.74) is 8.57. The highest BCUT2D eigenvalue weighted by Gasteiger charge is 2.23. The van der Waals surface area contributed by atoms with Crippen LogP contribution >= 0.6 is 0 Å². The predicted molar refractivity (Wildman–Crippen MR) is 92.2 cm³/mol. The molecule has 1 heterocycles. The van der Waals surface area contributed by atoms with E-state index >= 15 is 0 Å². The van der Waals surface area contributed by atoms with Gasteiger partial charge < -0.3 is 5.73 Å². The van der Waals surface area contributed by atoms with Gasteiger partial charge in [-0.15, -0.1) is 0 Å². The van der Waals surface area contributed by atoms with E-state index in [1.807, 2.05) is 30.3 Å². The van der Waals surface area contributed by atoms with Crippen molar-refractivity contribution in [1.82, 2.24) is 4.98 Å². The number of aromatic nitrogens is 1. The van der Waals surface area contributed by atoms with Gasteiger partial charge in [-0.2, -0.15) is 0 Å². The van der Waals surface area contributed by atoms with Crippen molar-refractivity contribution in [2.75, 3.05) is 0 Å². The molecule has 0 radical (unpaired) electrons. The lowest BCUT2D eigenvalue weighted by atomic mass is 10.1. The molecule has 3 aromatic rings. The predicted octanol–water partition coefficient (Wildman–Crippen LogP) is 4.25. The van der Waals surface area contributed by atoms with E-state index in [4.69, 9.17) is 5.73 Å². The third-order valence-electron chi connectivity index (χ3n) is 3.79. The Labute approximate surface area is 138 Å². The first-order chi connectivity index (χ1) is 11.4. The van der Waals surface area contributed by atoms with Gasteiger partial charge >= 0.3 is 0 Å². The molecular formula is C19H17F2N3. The standard InChI is InChI=1S/C19H17F2N3/c1-19(20,21)16-7-4-13(5-8-16)12-24-18(22)15-6-9-17-14(11-15)3-2-10-23-17/h2-11H,12H2,1H3,(H2,22,24). The minimum Gasteiger partial charge on any atom is -0.383 e. The van der Waals surface area contributed by atoms with Crippen molar-refractivity contribution in [3.63, 3.8) is 0 Å². The quantitative estimate of drug-likeness (QED) is 0.576. The number of alkyl halides is 2. The Kier molecular flexibility index (Phi) is 4.25. The van der Waals surface area contributed by atoms with Crippen LogP contribution in [0.4, 0.5) is 8.78 Å². The Morgan fingerprint density at radius 1 is 1.12 bits per heavy atom. The molecule has 0 fully saturated rings. The molecule has 0 bridgehead atoms. The summed E-state index contributed by atoms with van der Waals surface area (Å²) in [7, 11) is 0. The lowest BCUT2D eigenvalue weighted by Crippen LogP contribution is -2.13. The highest BCUT2D eigenvalue weighted by molar-refractivity contribution is 6.00. The van der Waals surface area contributed by atoms with E-state index < -0.39 is 5.92 Å². The average Bonchev–Trinajstić information content (AvgIpc) is 2.59. The number of nitrogens with two attached hydrogens (primary N) is 1. The van der Waals surface area contributed by atoms with Gasteiger partial charge in [0.25, 0.3) is 5.92 Å². The van der Waals surface area contributed by atoms with E-state index in [1.165, 1.54) is 12.1 Å². The molecule has 0 aliphatic carbocycles. The van der Waals surface area contributed by atoms with Crippen LogP contribution in [-0.2, 0) is 12.5 Å². The summed E-state index contributed by atoms with van der Waals surface area (Å²) >= 11 is 0. The summed E-state index contributed by atoms with van der Waals surface area (Å²) in [6, 6.07) is 15.7. The smallest absolute Gasteiger partial charge is 0.270 e. The number of amidine groups is 1. The van der Waals surface area contributed by atoms with Crippen LogP contribution in [0.15, 0.2) is 65.8 Å². The lowest BCUT2D eigenvalue weighted by molar-refractivity contribution is 0.0174. The Bertz CT molecular complexity index is 881. The van der Waals surface area contributed by atoms with Crippen LogP contribution in [0.2, 0.25) is 0 Å². The molecule has 2 N–H and O–H groups in total. The van der Waals surface area contributed by atoms with Crippen LogP contribution < -0.4 is 5.73 Å². The second-order valence-electron chi connectivity index (χ2n) is 5.70. The number of rotatable bonds is 4. The first-order valence-corrected chi connectivity index (χ1v) is 7.56. The fourth-order valence-corrected chi connectivity index (χ4v) is 2.41. The SMILES string of the molecule is CC(F)(F)c1ccc(CN=C(N)c2ccc3ncccc3c2)cc1. The largest absolute Gasteiger partial charge is 0.383 e. The summed E-state index contributed by atoms with van der Waals surface area (Å²) in [6.07, 6.45) is 1.74. The van der Waals surface area contributed by atoms with Gasteiger partial charge in [0.05, 0.1) is 12.1 Å². The van der Waals surface area contributed by atoms with E-state index in [0.29, 0.717) is 12.4 Å². The third-order valence-corrected chi connectivity index (χ3v) is 3.79. The maximum Gasteiger partial charge on any atom is 0.270 e. The maximum atomic E-state index is 13.2. The molecule has 0 unspecified atom stereocenters. The van der Waals surface area contributed by atoms with Crippen molar-refractivity contribution < 1.29 is 8.78 Å². The first kappa shape index (κ1) is 16.1. The number of hydrogen-bond donors (Lipinski definition) is 1. The Balaban J connectivity index is 1.77. The van der Waals surface area contributed by atoms with Gasteiger partial charge in [-0.25, -0.2) is 8.78 Å². The van der Waals surface area contributed by atoms with Crippen LogP contribution in [0.1, 0.15) is 23.6 Å². The van der Waals surface area contributed by atoms with E-state index in [9.17, 15) is 8.78 Å². The van der Waals surface area contributed by atoms with Crippen molar-refractivity contribution in [2.45, 2.75) is 19.4 Å². The van der Waals surface area contributed by atoms with Gasteiger partial charge in [0, 0.05) is 29.6 Å². The van der Waals surface area contributed by atoms with E-state index in [1.54, 1.807) is 18.3 Å². The van der Waals surface area contributed by atoms with Crippen molar-refractivity contribution in [3.8, 4) is 0 Å². The molecule has 3 nitrogen and oxygen atoms in total. The Hall–Kier alpha value is -2.82. The third kappa shape index (κ3) is 3.56. The minimum absolute atomic E-state index is 0.00905. The highest BCUT2D eigenvalue weighted by atomic mass is 19.3. The normalized spacial score (nSPS) is 12.5. The molecule has 3 rings (SSSR count). The zero-order chi connectivity index (χ0) is 17.2. The van der Waals surface area contributed by atoms with Crippen molar-refractivity contribution in [3.05, 3.63) is 77.5 Å². The van der Waals surface area contributed by atoms with Gasteiger partial charge in [-0.1, -0.05) is 30.3 Å². The molecule has 0 aliphatic heterocycles. The lowest BCUT2D eigenvalue weighted by Gasteiger charge is -2.10. The maximum absolute atomic E-state index is 13.2. The van der Waals surface area contributed by atoms with Crippen LogP contribution in [0.3, 0.4) is 0 Å². The molecule has 1 aromatic heterocycles. The number of nitrogens with zero attached hydrogens (tertiary/aromatic N) is 2. The number of halogens is 2. The number of hydrogen-bond acceptors (Lipinski definition) is 2. The Morgan fingerprint density at radius 2 is 1.88 bits per heavy atom. The van der Waals surface area contributed by atoms with Crippen LogP contribution in [-0.4, -0.2) is 10.8 Å². The van der Waals surface area contributed by atoms with E-state index in [-0.39, 0.29) is 5.56 Å². The zero-order valence-electron chi connectivity index (χ0n) is 13.2. The van der Waals surface area contributed by atoms with Crippen molar-refractivity contribution in [2.24, 2.45) is 10.7 Å². The molecule has 0 saturated heterocycles. The second kappa shape index (κ2) is 6.35. The molecule has 0 spiro atoms. The fraction of sp³-hybridized carbons (Fsp3) is 0.158. The molecule has 5 heteroatoms. The second-order valence-corrected chi connectivity index (χ2v) is 5.70. The molecular weight excluding hydrogens is 308 g/mol. The number of fused-ring (bicyclic) bond motifs is 1. The molecule has 122 valence electrons. The fourth-order valence-electron chi connectivity index (χ4n) is 2.41. The summed E-state index contributed by atoms with van der Waals surface area (Å²) < 4.78 is 26.4. The zero-order valence-corrected chi connectivity index (χ0v) is 13.2. The van der Waals surface area contributed by atoms with Gasteiger partial charge in [0.2, 0.25) is 0 Å². The summed E-state index contributed by atoms with van der Waals surface area (Å²) in [6.45, 7) is 1.22. The summed E-state index contributed by atoms with van der Waals surface area (Å²) in [4.78, 5) is 8.61. The summed E-state index contributed by atoms with van der Waals surface area (Å²) in [5.74, 6) is -2.43. The Morgan fingerprint density at radius 3 is 2.58 bits per heavy atom. The molecule has 0 aliphatic rings. The highest BCUT2D eigenvalue weighted by Crippen LogP contribution is 2.26. The average molecular weight is 325 g/mol. The van der Waals surface area contributed by atoms with Crippen LogP contribution in [0.25, 0.3) is 10.9 Å². The van der Waals surface area contributed by atoms with Crippen LogP contribution in [0, 0.1) is 0 Å². The molecule has 0 amide bonds. The van der Waals surface area contributed by atoms with Gasteiger partial charge in [-0.3, -0.25) is 9.98 Å². The van der Waals surface area contributed by atoms with Crippen LogP contribution in [0.5, 0.6) is 0 Å². The molecule has 0 saturated carbocycles. The van der Waals surface area contributed by atoms with Gasteiger partial charge in [0.15, 0.2) is 0 Å². The van der Waals surface area contributed by atoms with E-state index in [0.717, 1.165) is 29.0 Å². The molecule has 24 heavy (non-hydrogen) atoms. The number of pyridine rings is 1. The van der Waals surface area contributed by atoms with E-state index in [2.05, 4.69) is 9.98 Å². The number of aliphatic imine (C=N–C) groups is 1. The molecule has 2 aromatic carbocycles. The monoisotopic (exact) mass is 325 g/mol. The van der Waals surface area contributed by atoms with Crippen molar-refractivity contribution >= 4 is 16.7 Å². The van der Waals surface area contributed by atoms with Gasteiger partial charge in [0.1, 0.15) is 5.84 Å². The first-order valence-electron chi connectivity index (χ1n) is 7.56. The topological polar surface area (TPSA) is 51.3 Å². The van der Waals surface area contributed by atoms with Crippen molar-refractivity contribution in [1.29, 1.82) is 0 Å². The summed E-state index contributed by atoms with van der Waals surface area (Å²) in [5, 5.41) is 0.989. The van der Waals surface area contributed by atoms with Gasteiger partial charge in [-0.05, 0) is 29.8 Å². The molecule has 0 atom stereocenters. The number of benzene rings is 2.